The van der Waals surface area contributed by atoms with E-state index in [2.05, 4.69) is 6.07 Å². The number of sulfonamides is 1. The number of Topliss-reactive ketones (excluding diaryl/α,β-unsaturated/α-hetero) is 1. The smallest absolute Gasteiger partial charge is 0.264 e. The molecule has 0 spiro atoms. The predicted octanol–water partition coefficient (Wildman–Crippen LogP) is 4.12. The Morgan fingerprint density at radius 1 is 0.906 bits per heavy atom. The molecule has 0 N–H and O–H groups in total. The SMILES string of the molecule is N#Cc1cc(N(Cc2ccccc2)S(=O)(=O)c2ccccc2)ccc1N1CCC(=O)CC1. The third-order valence-corrected chi connectivity index (χ3v) is 7.34. The Balaban J connectivity index is 1.76. The highest BCUT2D eigenvalue weighted by atomic mass is 32.2. The van der Waals surface area contributed by atoms with Crippen molar-refractivity contribution in [2.45, 2.75) is 24.3 Å². The first-order valence-electron chi connectivity index (χ1n) is 10.4. The Morgan fingerprint density at radius 3 is 2.16 bits per heavy atom. The Labute approximate surface area is 188 Å². The number of ketones is 1. The topological polar surface area (TPSA) is 81.5 Å². The zero-order chi connectivity index (χ0) is 22.6. The van der Waals surface area contributed by atoms with Gasteiger partial charge in [-0.15, -0.1) is 0 Å². The summed E-state index contributed by atoms with van der Waals surface area (Å²) in [5, 5.41) is 9.81. The van der Waals surface area contributed by atoms with Crippen LogP contribution in [0, 0.1) is 11.3 Å². The maximum Gasteiger partial charge on any atom is 0.264 e. The first-order valence-corrected chi connectivity index (χ1v) is 11.9. The van der Waals surface area contributed by atoms with E-state index in [1.54, 1.807) is 48.5 Å². The zero-order valence-corrected chi connectivity index (χ0v) is 18.3. The van der Waals surface area contributed by atoms with Crippen molar-refractivity contribution >= 4 is 27.2 Å². The van der Waals surface area contributed by atoms with Gasteiger partial charge in [0.1, 0.15) is 11.9 Å². The molecule has 4 rings (SSSR count). The summed E-state index contributed by atoms with van der Waals surface area (Å²) in [6.45, 7) is 1.26. The fourth-order valence-electron chi connectivity index (χ4n) is 3.83. The van der Waals surface area contributed by atoms with Crippen molar-refractivity contribution < 1.29 is 13.2 Å². The van der Waals surface area contributed by atoms with Gasteiger partial charge in [-0.2, -0.15) is 5.26 Å². The molecule has 6 nitrogen and oxygen atoms in total. The van der Waals surface area contributed by atoms with Crippen LogP contribution in [0.5, 0.6) is 0 Å². The van der Waals surface area contributed by atoms with Crippen LogP contribution in [0.15, 0.2) is 83.8 Å². The van der Waals surface area contributed by atoms with Crippen LogP contribution in [0.2, 0.25) is 0 Å². The summed E-state index contributed by atoms with van der Waals surface area (Å²) in [6.07, 6.45) is 0.907. The highest BCUT2D eigenvalue weighted by molar-refractivity contribution is 7.92. The van der Waals surface area contributed by atoms with Gasteiger partial charge in [0.2, 0.25) is 0 Å². The lowest BCUT2D eigenvalue weighted by molar-refractivity contribution is -0.119. The molecule has 1 saturated heterocycles. The molecule has 3 aromatic rings. The summed E-state index contributed by atoms with van der Waals surface area (Å²) < 4.78 is 28.4. The molecule has 0 unspecified atom stereocenters. The second kappa shape index (κ2) is 9.25. The van der Waals surface area contributed by atoms with E-state index in [9.17, 15) is 18.5 Å². The third kappa shape index (κ3) is 4.51. The van der Waals surface area contributed by atoms with E-state index in [0.717, 1.165) is 11.3 Å². The van der Waals surface area contributed by atoms with Gasteiger partial charge in [0.05, 0.1) is 28.4 Å². The second-order valence-corrected chi connectivity index (χ2v) is 9.51. The van der Waals surface area contributed by atoms with Crippen molar-refractivity contribution in [1.29, 1.82) is 5.26 Å². The minimum absolute atomic E-state index is 0.139. The van der Waals surface area contributed by atoms with E-state index >= 15 is 0 Å². The summed E-state index contributed by atoms with van der Waals surface area (Å²) in [5.41, 5.74) is 2.37. The molecule has 0 radical (unpaired) electrons. The Kier molecular flexibility index (Phi) is 6.24. The molecule has 3 aromatic carbocycles. The van der Waals surface area contributed by atoms with Gasteiger partial charge in [0, 0.05) is 25.9 Å². The first-order chi connectivity index (χ1) is 15.5. The summed E-state index contributed by atoms with van der Waals surface area (Å²) in [6, 6.07) is 25.0. The highest BCUT2D eigenvalue weighted by Gasteiger charge is 2.27. The van der Waals surface area contributed by atoms with Gasteiger partial charge in [-0.05, 0) is 35.9 Å². The van der Waals surface area contributed by atoms with Gasteiger partial charge < -0.3 is 4.90 Å². The molecule has 0 atom stereocenters. The predicted molar refractivity (Wildman–Crippen MR) is 124 cm³/mol. The lowest BCUT2D eigenvalue weighted by Crippen LogP contribution is -2.34. The monoisotopic (exact) mass is 445 g/mol. The zero-order valence-electron chi connectivity index (χ0n) is 17.5. The molecule has 0 aliphatic carbocycles. The van der Waals surface area contributed by atoms with E-state index in [0.29, 0.717) is 37.2 Å². The van der Waals surface area contributed by atoms with Crippen LogP contribution >= 0.6 is 0 Å². The number of hydrogen-bond donors (Lipinski definition) is 0. The summed E-state index contributed by atoms with van der Waals surface area (Å²) >= 11 is 0. The molecule has 0 aromatic heterocycles. The average Bonchev–Trinajstić information content (AvgIpc) is 2.84. The van der Waals surface area contributed by atoms with Gasteiger partial charge in [-0.1, -0.05) is 48.5 Å². The van der Waals surface area contributed by atoms with Crippen molar-refractivity contribution in [2.75, 3.05) is 22.3 Å². The lowest BCUT2D eigenvalue weighted by Gasteiger charge is -2.30. The molecule has 0 saturated carbocycles. The number of rotatable bonds is 6. The maximum atomic E-state index is 13.6. The Bertz CT molecular complexity index is 1240. The molecule has 1 aliphatic heterocycles. The minimum atomic E-state index is -3.86. The number of piperidine rings is 1. The molecule has 1 heterocycles. The van der Waals surface area contributed by atoms with Crippen molar-refractivity contribution in [3.8, 4) is 6.07 Å². The molecule has 1 fully saturated rings. The number of hydrogen-bond acceptors (Lipinski definition) is 5. The normalized spacial score (nSPS) is 14.1. The van der Waals surface area contributed by atoms with E-state index in [1.165, 1.54) is 4.31 Å². The van der Waals surface area contributed by atoms with Crippen LogP contribution in [-0.4, -0.2) is 27.3 Å². The van der Waals surface area contributed by atoms with Gasteiger partial charge >= 0.3 is 0 Å². The van der Waals surface area contributed by atoms with Gasteiger partial charge in [0.15, 0.2) is 0 Å². The van der Waals surface area contributed by atoms with E-state index in [1.807, 2.05) is 35.2 Å². The second-order valence-electron chi connectivity index (χ2n) is 7.65. The fraction of sp³-hybridized carbons (Fsp3) is 0.200. The number of anilines is 2. The van der Waals surface area contributed by atoms with Crippen LogP contribution in [0.4, 0.5) is 11.4 Å². The lowest BCUT2D eigenvalue weighted by atomic mass is 10.1. The number of carbonyl (C=O) groups excluding carboxylic acids is 1. The molecule has 32 heavy (non-hydrogen) atoms. The highest BCUT2D eigenvalue weighted by Crippen LogP contribution is 2.31. The van der Waals surface area contributed by atoms with Crippen LogP contribution < -0.4 is 9.21 Å². The number of carbonyl (C=O) groups is 1. The number of nitriles is 1. The van der Waals surface area contributed by atoms with E-state index in [-0.39, 0.29) is 17.2 Å². The summed E-state index contributed by atoms with van der Waals surface area (Å²) in [7, 11) is -3.86. The Morgan fingerprint density at radius 2 is 1.53 bits per heavy atom. The van der Waals surface area contributed by atoms with Gasteiger partial charge in [-0.25, -0.2) is 8.42 Å². The largest absolute Gasteiger partial charge is 0.370 e. The molecule has 7 heteroatoms. The molecule has 0 amide bonds. The quantitative estimate of drug-likeness (QED) is 0.570. The summed E-state index contributed by atoms with van der Waals surface area (Å²) in [4.78, 5) is 13.8. The molecule has 1 aliphatic rings. The van der Waals surface area contributed by atoms with Gasteiger partial charge in [0.25, 0.3) is 10.0 Å². The van der Waals surface area contributed by atoms with E-state index in [4.69, 9.17) is 0 Å². The molecular weight excluding hydrogens is 422 g/mol. The van der Waals surface area contributed by atoms with Crippen molar-refractivity contribution in [3.63, 3.8) is 0 Å². The third-order valence-electron chi connectivity index (χ3n) is 5.55. The van der Waals surface area contributed by atoms with Crippen molar-refractivity contribution in [1.82, 2.24) is 0 Å². The summed E-state index contributed by atoms with van der Waals surface area (Å²) in [5.74, 6) is 0.222. The fourth-order valence-corrected chi connectivity index (χ4v) is 5.29. The molecular formula is C25H23N3O3S. The van der Waals surface area contributed by atoms with Crippen molar-refractivity contribution in [3.05, 3.63) is 90.0 Å². The molecule has 0 bridgehead atoms. The standard InChI is InChI=1S/C25H23N3O3S/c26-18-21-17-22(11-12-25(21)27-15-13-23(29)14-16-27)28(19-20-7-3-1-4-8-20)32(30,31)24-9-5-2-6-10-24/h1-12,17H,13-16,19H2. The van der Waals surface area contributed by atoms with Crippen LogP contribution in [0.1, 0.15) is 24.0 Å². The minimum Gasteiger partial charge on any atom is -0.370 e. The molecule has 162 valence electrons. The number of nitrogens with zero attached hydrogens (tertiary/aromatic N) is 3. The van der Waals surface area contributed by atoms with Crippen LogP contribution in [0.25, 0.3) is 0 Å². The Hall–Kier alpha value is -3.63. The van der Waals surface area contributed by atoms with Crippen LogP contribution in [-0.2, 0) is 21.4 Å². The van der Waals surface area contributed by atoms with Crippen molar-refractivity contribution in [2.24, 2.45) is 0 Å². The average molecular weight is 446 g/mol. The number of benzene rings is 3. The van der Waals surface area contributed by atoms with E-state index < -0.39 is 10.0 Å². The van der Waals surface area contributed by atoms with Gasteiger partial charge in [-0.3, -0.25) is 9.10 Å². The maximum absolute atomic E-state index is 13.6. The van der Waals surface area contributed by atoms with Crippen LogP contribution in [0.3, 0.4) is 0 Å². The first kappa shape index (κ1) is 21.6.